The zero-order valence-electron chi connectivity index (χ0n) is 11.5. The Bertz CT molecular complexity index is 744. The van der Waals surface area contributed by atoms with Crippen molar-refractivity contribution < 1.29 is 13.5 Å². The van der Waals surface area contributed by atoms with Gasteiger partial charge in [0.1, 0.15) is 0 Å². The summed E-state index contributed by atoms with van der Waals surface area (Å²) in [7, 11) is -3.51. The van der Waals surface area contributed by atoms with Crippen LogP contribution in [0.1, 0.15) is 16.7 Å². The van der Waals surface area contributed by atoms with Crippen molar-refractivity contribution in [1.82, 2.24) is 0 Å². The standard InChI is InChI=1S/C15H16BrNO3S/c1-11-4-2-7-14(15(11)16)17-21(19,20)10-13-6-3-5-12(8-13)9-18/h2-8,17-18H,9-10H2,1H3. The Balaban J connectivity index is 2.20. The van der Waals surface area contributed by atoms with Crippen LogP contribution in [0.25, 0.3) is 0 Å². The van der Waals surface area contributed by atoms with Crippen molar-refractivity contribution in [1.29, 1.82) is 0 Å². The average molecular weight is 370 g/mol. The number of anilines is 1. The van der Waals surface area contributed by atoms with Gasteiger partial charge in [-0.15, -0.1) is 0 Å². The molecule has 4 nitrogen and oxygen atoms in total. The summed E-state index contributed by atoms with van der Waals surface area (Å²) in [4.78, 5) is 0. The van der Waals surface area contributed by atoms with Crippen molar-refractivity contribution in [3.63, 3.8) is 0 Å². The van der Waals surface area contributed by atoms with Crippen LogP contribution in [0.4, 0.5) is 5.69 Å². The number of benzene rings is 2. The van der Waals surface area contributed by atoms with Gasteiger partial charge in [-0.3, -0.25) is 4.72 Å². The predicted molar refractivity (Wildman–Crippen MR) is 87.5 cm³/mol. The maximum absolute atomic E-state index is 12.2. The molecule has 6 heteroatoms. The van der Waals surface area contributed by atoms with Crippen LogP contribution in [0.2, 0.25) is 0 Å². The first-order valence-electron chi connectivity index (χ1n) is 6.35. The van der Waals surface area contributed by atoms with Gasteiger partial charge in [0.25, 0.3) is 0 Å². The van der Waals surface area contributed by atoms with Crippen molar-refractivity contribution >= 4 is 31.6 Å². The lowest BCUT2D eigenvalue weighted by Crippen LogP contribution is -2.15. The molecule has 0 saturated heterocycles. The monoisotopic (exact) mass is 369 g/mol. The highest BCUT2D eigenvalue weighted by Crippen LogP contribution is 2.27. The van der Waals surface area contributed by atoms with Crippen LogP contribution in [0, 0.1) is 6.92 Å². The van der Waals surface area contributed by atoms with Crippen LogP contribution in [0.5, 0.6) is 0 Å². The minimum atomic E-state index is -3.51. The van der Waals surface area contributed by atoms with Gasteiger partial charge < -0.3 is 5.11 Å². The van der Waals surface area contributed by atoms with E-state index in [-0.39, 0.29) is 12.4 Å². The molecular formula is C15H16BrNO3S. The second-order valence-electron chi connectivity index (χ2n) is 4.78. The van der Waals surface area contributed by atoms with Crippen molar-refractivity contribution in [2.45, 2.75) is 19.3 Å². The summed E-state index contributed by atoms with van der Waals surface area (Å²) < 4.78 is 27.8. The summed E-state index contributed by atoms with van der Waals surface area (Å²) in [6.45, 7) is 1.79. The van der Waals surface area contributed by atoms with Crippen molar-refractivity contribution in [3.8, 4) is 0 Å². The first kappa shape index (κ1) is 16.0. The number of aliphatic hydroxyl groups is 1. The first-order chi connectivity index (χ1) is 9.91. The maximum Gasteiger partial charge on any atom is 0.236 e. The number of hydrogen-bond acceptors (Lipinski definition) is 3. The smallest absolute Gasteiger partial charge is 0.236 e. The fourth-order valence-electron chi connectivity index (χ4n) is 1.97. The molecule has 0 aliphatic carbocycles. The molecule has 0 unspecified atom stereocenters. The Hall–Kier alpha value is -1.37. The number of sulfonamides is 1. The van der Waals surface area contributed by atoms with E-state index in [1.54, 1.807) is 36.4 Å². The van der Waals surface area contributed by atoms with Crippen molar-refractivity contribution in [3.05, 3.63) is 63.6 Å². The first-order valence-corrected chi connectivity index (χ1v) is 8.80. The minimum absolute atomic E-state index is 0.106. The quantitative estimate of drug-likeness (QED) is 0.850. The number of hydrogen-bond donors (Lipinski definition) is 2. The molecule has 0 fully saturated rings. The second-order valence-corrected chi connectivity index (χ2v) is 7.29. The third kappa shape index (κ3) is 4.30. The molecule has 0 amide bonds. The molecule has 0 heterocycles. The molecule has 0 radical (unpaired) electrons. The molecule has 112 valence electrons. The number of rotatable bonds is 5. The summed E-state index contributed by atoms with van der Waals surface area (Å²) >= 11 is 3.38. The molecule has 2 aromatic rings. The normalized spacial score (nSPS) is 11.4. The Morgan fingerprint density at radius 3 is 2.52 bits per heavy atom. The van der Waals surface area contributed by atoms with E-state index in [9.17, 15) is 8.42 Å². The minimum Gasteiger partial charge on any atom is -0.392 e. The Morgan fingerprint density at radius 1 is 1.14 bits per heavy atom. The Morgan fingerprint density at radius 2 is 1.81 bits per heavy atom. The van der Waals surface area contributed by atoms with E-state index in [4.69, 9.17) is 5.11 Å². The van der Waals surface area contributed by atoms with E-state index < -0.39 is 10.0 Å². The predicted octanol–water partition coefficient (Wildman–Crippen LogP) is 3.19. The Kier molecular flexibility index (Phi) is 5.03. The van der Waals surface area contributed by atoms with E-state index in [1.165, 1.54) is 0 Å². The molecule has 0 atom stereocenters. The van der Waals surface area contributed by atoms with Gasteiger partial charge in [0, 0.05) is 4.47 Å². The van der Waals surface area contributed by atoms with Gasteiger partial charge in [0.15, 0.2) is 0 Å². The molecule has 0 bridgehead atoms. The summed E-state index contributed by atoms with van der Waals surface area (Å²) in [5, 5.41) is 9.09. The summed E-state index contributed by atoms with van der Waals surface area (Å²) in [6, 6.07) is 12.3. The topological polar surface area (TPSA) is 66.4 Å². The highest BCUT2D eigenvalue weighted by Gasteiger charge is 2.14. The van der Waals surface area contributed by atoms with Crippen LogP contribution in [-0.2, 0) is 22.4 Å². The molecule has 0 spiro atoms. The Labute approximate surface area is 133 Å². The molecule has 21 heavy (non-hydrogen) atoms. The van der Waals surface area contributed by atoms with Gasteiger partial charge in [-0.25, -0.2) is 8.42 Å². The van der Waals surface area contributed by atoms with Crippen LogP contribution in [-0.4, -0.2) is 13.5 Å². The molecule has 2 rings (SSSR count). The lowest BCUT2D eigenvalue weighted by molar-refractivity contribution is 0.282. The highest BCUT2D eigenvalue weighted by molar-refractivity contribution is 9.10. The summed E-state index contributed by atoms with van der Waals surface area (Å²) in [6.07, 6.45) is 0. The molecule has 2 N–H and O–H groups in total. The van der Waals surface area contributed by atoms with Crippen LogP contribution < -0.4 is 4.72 Å². The van der Waals surface area contributed by atoms with E-state index in [2.05, 4.69) is 20.7 Å². The van der Waals surface area contributed by atoms with Gasteiger partial charge in [0.05, 0.1) is 18.0 Å². The zero-order valence-corrected chi connectivity index (χ0v) is 13.9. The van der Waals surface area contributed by atoms with Crippen LogP contribution >= 0.6 is 15.9 Å². The molecule has 2 aromatic carbocycles. The van der Waals surface area contributed by atoms with E-state index in [0.717, 1.165) is 10.0 Å². The maximum atomic E-state index is 12.2. The second kappa shape index (κ2) is 6.60. The van der Waals surface area contributed by atoms with Crippen LogP contribution in [0.15, 0.2) is 46.9 Å². The van der Waals surface area contributed by atoms with Gasteiger partial charge in [-0.2, -0.15) is 0 Å². The van der Waals surface area contributed by atoms with E-state index >= 15 is 0 Å². The van der Waals surface area contributed by atoms with Gasteiger partial charge in [0.2, 0.25) is 10.0 Å². The van der Waals surface area contributed by atoms with E-state index in [1.807, 2.05) is 13.0 Å². The largest absolute Gasteiger partial charge is 0.392 e. The van der Waals surface area contributed by atoms with Crippen molar-refractivity contribution in [2.75, 3.05) is 4.72 Å². The fourth-order valence-corrected chi connectivity index (χ4v) is 3.66. The molecule has 0 aliphatic rings. The molecule has 0 saturated carbocycles. The third-order valence-corrected chi connectivity index (χ3v) is 5.28. The number of halogens is 1. The summed E-state index contributed by atoms with van der Waals surface area (Å²) in [5.41, 5.74) is 2.81. The fraction of sp³-hybridized carbons (Fsp3) is 0.200. The lowest BCUT2D eigenvalue weighted by atomic mass is 10.1. The molecule has 0 aromatic heterocycles. The van der Waals surface area contributed by atoms with Gasteiger partial charge >= 0.3 is 0 Å². The molecule has 0 aliphatic heterocycles. The SMILES string of the molecule is Cc1cccc(NS(=O)(=O)Cc2cccc(CO)c2)c1Br. The van der Waals surface area contributed by atoms with Crippen molar-refractivity contribution in [2.24, 2.45) is 0 Å². The van der Waals surface area contributed by atoms with Gasteiger partial charge in [-0.05, 0) is 45.6 Å². The van der Waals surface area contributed by atoms with Gasteiger partial charge in [-0.1, -0.05) is 36.4 Å². The van der Waals surface area contributed by atoms with Crippen LogP contribution in [0.3, 0.4) is 0 Å². The number of aryl methyl sites for hydroxylation is 1. The number of nitrogens with one attached hydrogen (secondary N) is 1. The average Bonchev–Trinajstić information content (AvgIpc) is 2.43. The molecular weight excluding hydrogens is 354 g/mol. The third-order valence-electron chi connectivity index (χ3n) is 2.99. The highest BCUT2D eigenvalue weighted by atomic mass is 79.9. The van der Waals surface area contributed by atoms with E-state index in [0.29, 0.717) is 16.8 Å². The summed E-state index contributed by atoms with van der Waals surface area (Å²) in [5.74, 6) is -0.138. The lowest BCUT2D eigenvalue weighted by Gasteiger charge is -2.11. The zero-order chi connectivity index (χ0) is 15.5. The number of aliphatic hydroxyl groups excluding tert-OH is 1.